The van der Waals surface area contributed by atoms with E-state index in [-0.39, 0.29) is 0 Å². The maximum absolute atomic E-state index is 4.64. The van der Waals surface area contributed by atoms with E-state index in [1.807, 2.05) is 12.1 Å². The van der Waals surface area contributed by atoms with Crippen LogP contribution in [0.25, 0.3) is 16.9 Å². The van der Waals surface area contributed by atoms with Crippen molar-refractivity contribution < 1.29 is 0 Å². The second kappa shape index (κ2) is 4.25. The summed E-state index contributed by atoms with van der Waals surface area (Å²) in [6.45, 7) is 4.20. The molecule has 0 bridgehead atoms. The van der Waals surface area contributed by atoms with Crippen molar-refractivity contribution in [1.29, 1.82) is 0 Å². The van der Waals surface area contributed by atoms with E-state index < -0.39 is 0 Å². The fourth-order valence-corrected chi connectivity index (χ4v) is 2.64. The molecule has 0 fully saturated rings. The molecule has 0 aliphatic heterocycles. The van der Waals surface area contributed by atoms with Gasteiger partial charge in [-0.15, -0.1) is 0 Å². The van der Waals surface area contributed by atoms with Crippen molar-refractivity contribution >= 4 is 21.4 Å². The molecule has 0 amide bonds. The number of aryl methyl sites for hydroxylation is 2. The molecule has 0 aliphatic rings. The topological polar surface area (TPSA) is 17.3 Å². The first-order valence-corrected chi connectivity index (χ1v) is 6.66. The SMILES string of the molecule is Cc1ccn2c(-c3ccccc3C)nc(Br)c2c1. The highest BCUT2D eigenvalue weighted by Gasteiger charge is 2.12. The van der Waals surface area contributed by atoms with Crippen LogP contribution in [-0.4, -0.2) is 9.38 Å². The average molecular weight is 301 g/mol. The lowest BCUT2D eigenvalue weighted by atomic mass is 10.1. The first-order valence-electron chi connectivity index (χ1n) is 5.87. The van der Waals surface area contributed by atoms with Crippen LogP contribution < -0.4 is 0 Å². The number of aromatic nitrogens is 2. The van der Waals surface area contributed by atoms with Crippen LogP contribution in [0.2, 0.25) is 0 Å². The van der Waals surface area contributed by atoms with Crippen LogP contribution in [0, 0.1) is 13.8 Å². The summed E-state index contributed by atoms with van der Waals surface area (Å²) in [5.74, 6) is 0.981. The predicted molar refractivity (Wildman–Crippen MR) is 77.8 cm³/mol. The molecule has 2 aromatic heterocycles. The van der Waals surface area contributed by atoms with E-state index in [4.69, 9.17) is 0 Å². The van der Waals surface area contributed by atoms with Crippen LogP contribution >= 0.6 is 15.9 Å². The number of hydrogen-bond donors (Lipinski definition) is 0. The zero-order valence-corrected chi connectivity index (χ0v) is 11.9. The minimum absolute atomic E-state index is 0.893. The van der Waals surface area contributed by atoms with Gasteiger partial charge in [-0.3, -0.25) is 4.40 Å². The van der Waals surface area contributed by atoms with E-state index in [1.54, 1.807) is 0 Å². The minimum Gasteiger partial charge on any atom is -0.299 e. The standard InChI is InChI=1S/C15H13BrN2/c1-10-7-8-18-13(9-10)14(16)17-15(18)12-6-4-3-5-11(12)2/h3-9H,1-2H3. The largest absolute Gasteiger partial charge is 0.299 e. The summed E-state index contributed by atoms with van der Waals surface area (Å²) in [7, 11) is 0. The number of fused-ring (bicyclic) bond motifs is 1. The Kier molecular flexibility index (Phi) is 2.71. The molecule has 1 aromatic carbocycles. The third kappa shape index (κ3) is 1.75. The highest BCUT2D eigenvalue weighted by molar-refractivity contribution is 9.10. The molecule has 0 spiro atoms. The molecule has 0 unspecified atom stereocenters. The number of rotatable bonds is 1. The van der Waals surface area contributed by atoms with Gasteiger partial charge in [0.1, 0.15) is 10.4 Å². The highest BCUT2D eigenvalue weighted by atomic mass is 79.9. The van der Waals surface area contributed by atoms with Crippen LogP contribution in [0.1, 0.15) is 11.1 Å². The van der Waals surface area contributed by atoms with Gasteiger partial charge in [-0.1, -0.05) is 24.3 Å². The van der Waals surface area contributed by atoms with Gasteiger partial charge in [0.15, 0.2) is 0 Å². The van der Waals surface area contributed by atoms with Crippen molar-refractivity contribution in [2.75, 3.05) is 0 Å². The Balaban J connectivity index is 2.34. The molecule has 0 saturated carbocycles. The first-order chi connectivity index (χ1) is 8.66. The monoisotopic (exact) mass is 300 g/mol. The van der Waals surface area contributed by atoms with E-state index in [0.717, 1.165) is 15.9 Å². The molecule has 3 heteroatoms. The molecule has 2 heterocycles. The van der Waals surface area contributed by atoms with Crippen LogP contribution in [-0.2, 0) is 0 Å². The van der Waals surface area contributed by atoms with Crippen LogP contribution in [0.15, 0.2) is 47.2 Å². The second-order valence-electron chi connectivity index (χ2n) is 4.50. The van der Waals surface area contributed by atoms with Gasteiger partial charge in [-0.25, -0.2) is 4.98 Å². The molecule has 0 radical (unpaired) electrons. The van der Waals surface area contributed by atoms with Crippen molar-refractivity contribution in [2.24, 2.45) is 0 Å². The van der Waals surface area contributed by atoms with Gasteiger partial charge in [0, 0.05) is 11.8 Å². The first kappa shape index (κ1) is 11.5. The smallest absolute Gasteiger partial charge is 0.146 e. The van der Waals surface area contributed by atoms with Crippen molar-refractivity contribution in [3.8, 4) is 11.4 Å². The lowest BCUT2D eigenvalue weighted by molar-refractivity contribution is 1.15. The summed E-state index contributed by atoms with van der Waals surface area (Å²) in [5, 5.41) is 0. The maximum Gasteiger partial charge on any atom is 0.146 e. The zero-order chi connectivity index (χ0) is 12.7. The molecule has 18 heavy (non-hydrogen) atoms. The molecular formula is C15H13BrN2. The molecule has 0 saturated heterocycles. The number of halogens is 1. The molecule has 3 aromatic rings. The maximum atomic E-state index is 4.64. The lowest BCUT2D eigenvalue weighted by Crippen LogP contribution is -1.91. The molecule has 0 N–H and O–H groups in total. The van der Waals surface area contributed by atoms with Gasteiger partial charge in [0.25, 0.3) is 0 Å². The van der Waals surface area contributed by atoms with Crippen molar-refractivity contribution in [3.05, 3.63) is 58.3 Å². The summed E-state index contributed by atoms with van der Waals surface area (Å²) in [5.41, 5.74) is 4.74. The van der Waals surface area contributed by atoms with Gasteiger partial charge in [-0.2, -0.15) is 0 Å². The van der Waals surface area contributed by atoms with Gasteiger partial charge >= 0.3 is 0 Å². The van der Waals surface area contributed by atoms with E-state index in [0.29, 0.717) is 0 Å². The zero-order valence-electron chi connectivity index (χ0n) is 10.3. The van der Waals surface area contributed by atoms with Gasteiger partial charge < -0.3 is 0 Å². The molecule has 0 aliphatic carbocycles. The van der Waals surface area contributed by atoms with Gasteiger partial charge in [-0.05, 0) is 53.0 Å². The number of nitrogens with zero attached hydrogens (tertiary/aromatic N) is 2. The fourth-order valence-electron chi connectivity index (χ4n) is 2.17. The molecular weight excluding hydrogens is 288 g/mol. The van der Waals surface area contributed by atoms with Crippen molar-refractivity contribution in [3.63, 3.8) is 0 Å². The Labute approximate surface area is 114 Å². The van der Waals surface area contributed by atoms with E-state index in [9.17, 15) is 0 Å². The Hall–Kier alpha value is -1.61. The molecule has 90 valence electrons. The van der Waals surface area contributed by atoms with Gasteiger partial charge in [0.2, 0.25) is 0 Å². The van der Waals surface area contributed by atoms with Gasteiger partial charge in [0.05, 0.1) is 5.52 Å². The van der Waals surface area contributed by atoms with Crippen LogP contribution in [0.4, 0.5) is 0 Å². The second-order valence-corrected chi connectivity index (χ2v) is 5.25. The summed E-state index contributed by atoms with van der Waals surface area (Å²) < 4.78 is 3.02. The van der Waals surface area contributed by atoms with Crippen molar-refractivity contribution in [2.45, 2.75) is 13.8 Å². The van der Waals surface area contributed by atoms with Crippen LogP contribution in [0.3, 0.4) is 0 Å². The number of imidazole rings is 1. The third-order valence-corrected chi connectivity index (χ3v) is 3.72. The Bertz CT molecular complexity index is 728. The molecule has 2 nitrogen and oxygen atoms in total. The van der Waals surface area contributed by atoms with E-state index >= 15 is 0 Å². The number of pyridine rings is 1. The number of benzene rings is 1. The Morgan fingerprint density at radius 3 is 2.67 bits per heavy atom. The molecule has 0 atom stereocenters. The third-order valence-electron chi connectivity index (χ3n) is 3.14. The van der Waals surface area contributed by atoms with E-state index in [1.165, 1.54) is 16.7 Å². The minimum atomic E-state index is 0.893. The predicted octanol–water partition coefficient (Wildman–Crippen LogP) is 4.38. The number of hydrogen-bond acceptors (Lipinski definition) is 1. The quantitative estimate of drug-likeness (QED) is 0.652. The summed E-state index contributed by atoms with van der Waals surface area (Å²) >= 11 is 3.54. The highest BCUT2D eigenvalue weighted by Crippen LogP contribution is 2.28. The molecule has 3 rings (SSSR count). The Morgan fingerprint density at radius 2 is 1.89 bits per heavy atom. The normalized spacial score (nSPS) is 11.1. The van der Waals surface area contributed by atoms with E-state index in [2.05, 4.69) is 69.6 Å². The summed E-state index contributed by atoms with van der Waals surface area (Å²) in [6, 6.07) is 12.6. The average Bonchev–Trinajstić information content (AvgIpc) is 2.67. The van der Waals surface area contributed by atoms with Crippen molar-refractivity contribution in [1.82, 2.24) is 9.38 Å². The summed E-state index contributed by atoms with van der Waals surface area (Å²) in [6.07, 6.45) is 2.07. The fraction of sp³-hybridized carbons (Fsp3) is 0.133. The summed E-state index contributed by atoms with van der Waals surface area (Å²) in [4.78, 5) is 4.64. The Morgan fingerprint density at radius 1 is 1.11 bits per heavy atom. The van der Waals surface area contributed by atoms with Crippen LogP contribution in [0.5, 0.6) is 0 Å². The lowest BCUT2D eigenvalue weighted by Gasteiger charge is -2.04.